The molecule has 2 rings (SSSR count). The Balaban J connectivity index is 2.12. The molecule has 0 aliphatic heterocycles. The highest BCUT2D eigenvalue weighted by molar-refractivity contribution is 7.09. The number of methoxy groups -OCH3 is 1. The Morgan fingerprint density at radius 3 is 2.52 bits per heavy atom. The summed E-state index contributed by atoms with van der Waals surface area (Å²) in [6.45, 7) is 8.38. The molecule has 0 atom stereocenters. The molecule has 1 heterocycles. The first-order valence-electron chi connectivity index (χ1n) is 9.90. The quantitative estimate of drug-likeness (QED) is 0.636. The predicted octanol–water partition coefficient (Wildman–Crippen LogP) is 3.87. The van der Waals surface area contributed by atoms with E-state index in [0.717, 1.165) is 22.7 Å². The number of aromatic nitrogens is 1. The molecule has 29 heavy (non-hydrogen) atoms. The lowest BCUT2D eigenvalue weighted by molar-refractivity contribution is 0.0767. The summed E-state index contributed by atoms with van der Waals surface area (Å²) in [5.41, 5.74) is 2.31. The van der Waals surface area contributed by atoms with Gasteiger partial charge in [-0.1, -0.05) is 25.1 Å². The molecule has 0 spiro atoms. The second-order valence-electron chi connectivity index (χ2n) is 6.46. The van der Waals surface area contributed by atoms with Gasteiger partial charge in [0.15, 0.2) is 0 Å². The average molecular weight is 419 g/mol. The summed E-state index contributed by atoms with van der Waals surface area (Å²) in [5.74, 6) is -0.0812. The van der Waals surface area contributed by atoms with Crippen LogP contribution in [0.25, 0.3) is 0 Å². The first kappa shape index (κ1) is 22.8. The summed E-state index contributed by atoms with van der Waals surface area (Å²) in [5, 5.41) is 5.47. The van der Waals surface area contributed by atoms with Crippen LogP contribution in [-0.2, 0) is 17.7 Å². The molecule has 8 heteroatoms. The number of ether oxygens (including phenoxy) is 1. The van der Waals surface area contributed by atoms with Crippen LogP contribution in [0.3, 0.4) is 0 Å². The maximum atomic E-state index is 12.9. The normalized spacial score (nSPS) is 10.6. The van der Waals surface area contributed by atoms with Crippen LogP contribution >= 0.6 is 11.3 Å². The molecule has 0 unspecified atom stereocenters. The van der Waals surface area contributed by atoms with Crippen LogP contribution < -0.4 is 5.32 Å². The summed E-state index contributed by atoms with van der Waals surface area (Å²) in [6, 6.07) is 7.55. The number of rotatable bonds is 10. The smallest absolute Gasteiger partial charge is 0.322 e. The van der Waals surface area contributed by atoms with Crippen molar-refractivity contribution in [2.75, 3.05) is 38.7 Å². The topological polar surface area (TPSA) is 74.8 Å². The molecule has 0 aliphatic rings. The van der Waals surface area contributed by atoms with Crippen LogP contribution in [0.2, 0.25) is 0 Å². The fourth-order valence-corrected chi connectivity index (χ4v) is 3.70. The summed E-state index contributed by atoms with van der Waals surface area (Å²) >= 11 is 1.39. The molecular weight excluding hydrogens is 388 g/mol. The van der Waals surface area contributed by atoms with E-state index in [1.165, 1.54) is 11.3 Å². The Morgan fingerprint density at radius 2 is 1.86 bits per heavy atom. The van der Waals surface area contributed by atoms with Gasteiger partial charge in [0.25, 0.3) is 5.91 Å². The molecule has 0 fully saturated rings. The van der Waals surface area contributed by atoms with E-state index in [-0.39, 0.29) is 11.9 Å². The molecular formula is C21H30N4O3S. The first-order valence-corrected chi connectivity index (χ1v) is 10.8. The fourth-order valence-electron chi connectivity index (χ4n) is 2.92. The van der Waals surface area contributed by atoms with E-state index in [9.17, 15) is 9.59 Å². The Morgan fingerprint density at radius 1 is 1.14 bits per heavy atom. The number of amides is 3. The standard InChI is InChI=1S/C21H30N4O3S/c1-5-16-10-8-9-11-17(16)23-21(27)25(12-13-28-4)14-19-22-18(15-29-19)20(26)24(6-2)7-3/h8-11,15H,5-7,12-14H2,1-4H3,(H,23,27). The zero-order chi connectivity index (χ0) is 21.2. The van der Waals surface area contributed by atoms with E-state index in [0.29, 0.717) is 38.5 Å². The van der Waals surface area contributed by atoms with Crippen molar-refractivity contribution in [3.63, 3.8) is 0 Å². The van der Waals surface area contributed by atoms with E-state index in [1.807, 2.05) is 38.1 Å². The van der Waals surface area contributed by atoms with Crippen LogP contribution in [0.4, 0.5) is 10.5 Å². The van der Waals surface area contributed by atoms with Gasteiger partial charge in [-0.05, 0) is 31.9 Å². The predicted molar refractivity (Wildman–Crippen MR) is 116 cm³/mol. The Labute approximate surface area is 176 Å². The molecule has 1 aromatic carbocycles. The van der Waals surface area contributed by atoms with Gasteiger partial charge < -0.3 is 19.9 Å². The monoisotopic (exact) mass is 418 g/mol. The summed E-state index contributed by atoms with van der Waals surface area (Å²) < 4.78 is 5.16. The maximum absolute atomic E-state index is 12.9. The van der Waals surface area contributed by atoms with E-state index >= 15 is 0 Å². The van der Waals surface area contributed by atoms with Gasteiger partial charge in [-0.25, -0.2) is 9.78 Å². The minimum absolute atomic E-state index is 0.0812. The number of benzene rings is 1. The van der Waals surface area contributed by atoms with Crippen LogP contribution in [-0.4, -0.2) is 60.1 Å². The van der Waals surface area contributed by atoms with Crippen LogP contribution in [0.5, 0.6) is 0 Å². The van der Waals surface area contributed by atoms with Crippen LogP contribution in [0.1, 0.15) is 41.8 Å². The second-order valence-corrected chi connectivity index (χ2v) is 7.40. The molecule has 0 saturated carbocycles. The van der Waals surface area contributed by atoms with Crippen molar-refractivity contribution < 1.29 is 14.3 Å². The molecule has 7 nitrogen and oxygen atoms in total. The SMILES string of the molecule is CCc1ccccc1NC(=O)N(CCOC)Cc1nc(C(=O)N(CC)CC)cs1. The lowest BCUT2D eigenvalue weighted by atomic mass is 10.1. The number of aryl methyl sites for hydroxylation is 1. The number of anilines is 1. The number of carbonyl (C=O) groups is 2. The van der Waals surface area contributed by atoms with Crippen molar-refractivity contribution in [1.82, 2.24) is 14.8 Å². The minimum atomic E-state index is -0.213. The number of hydrogen-bond acceptors (Lipinski definition) is 5. The van der Waals surface area contributed by atoms with Gasteiger partial charge in [-0.2, -0.15) is 0 Å². The molecule has 0 saturated heterocycles. The number of nitrogens with one attached hydrogen (secondary N) is 1. The van der Waals surface area contributed by atoms with Gasteiger partial charge in [-0.3, -0.25) is 4.79 Å². The Hall–Kier alpha value is -2.45. The van der Waals surface area contributed by atoms with Gasteiger partial charge in [0, 0.05) is 37.8 Å². The second kappa shape index (κ2) is 11.5. The number of thiazole rings is 1. The highest BCUT2D eigenvalue weighted by Gasteiger charge is 2.20. The fraction of sp³-hybridized carbons (Fsp3) is 0.476. The third-order valence-corrected chi connectivity index (χ3v) is 5.47. The Bertz CT molecular complexity index is 805. The van der Waals surface area contributed by atoms with Gasteiger partial charge in [0.05, 0.1) is 13.2 Å². The lowest BCUT2D eigenvalue weighted by Crippen LogP contribution is -2.37. The maximum Gasteiger partial charge on any atom is 0.322 e. The van der Waals surface area contributed by atoms with Gasteiger partial charge >= 0.3 is 6.03 Å². The van der Waals surface area contributed by atoms with E-state index in [4.69, 9.17) is 4.74 Å². The Kier molecular flexibility index (Phi) is 9.08. The van der Waals surface area contributed by atoms with Crippen LogP contribution in [0.15, 0.2) is 29.6 Å². The third-order valence-electron chi connectivity index (χ3n) is 4.64. The number of carbonyl (C=O) groups excluding carboxylic acids is 2. The summed E-state index contributed by atoms with van der Waals surface area (Å²) in [4.78, 5) is 33.2. The third kappa shape index (κ3) is 6.27. The molecule has 2 aromatic rings. The largest absolute Gasteiger partial charge is 0.383 e. The highest BCUT2D eigenvalue weighted by atomic mass is 32.1. The minimum Gasteiger partial charge on any atom is -0.383 e. The van der Waals surface area contributed by atoms with E-state index in [2.05, 4.69) is 17.2 Å². The van der Waals surface area contributed by atoms with Crippen molar-refractivity contribution in [2.24, 2.45) is 0 Å². The molecule has 3 amide bonds. The van der Waals surface area contributed by atoms with Gasteiger partial charge in [-0.15, -0.1) is 11.3 Å². The van der Waals surface area contributed by atoms with Crippen molar-refractivity contribution >= 4 is 29.0 Å². The van der Waals surface area contributed by atoms with E-state index in [1.54, 1.807) is 22.3 Å². The van der Waals surface area contributed by atoms with Crippen molar-refractivity contribution in [1.29, 1.82) is 0 Å². The molecule has 0 aliphatic carbocycles. The highest BCUT2D eigenvalue weighted by Crippen LogP contribution is 2.18. The molecule has 0 radical (unpaired) electrons. The van der Waals surface area contributed by atoms with Crippen molar-refractivity contribution in [2.45, 2.75) is 33.7 Å². The van der Waals surface area contributed by atoms with Gasteiger partial charge in [0.1, 0.15) is 10.7 Å². The molecule has 1 aromatic heterocycles. The number of para-hydroxylation sites is 1. The summed E-state index contributed by atoms with van der Waals surface area (Å²) in [6.07, 6.45) is 0.831. The zero-order valence-electron chi connectivity index (χ0n) is 17.6. The number of urea groups is 1. The molecule has 1 N–H and O–H groups in total. The molecule has 0 bridgehead atoms. The number of nitrogens with zero attached hydrogens (tertiary/aromatic N) is 3. The molecule has 158 valence electrons. The summed E-state index contributed by atoms with van der Waals surface area (Å²) in [7, 11) is 1.60. The van der Waals surface area contributed by atoms with Crippen molar-refractivity contribution in [3.8, 4) is 0 Å². The van der Waals surface area contributed by atoms with Crippen LogP contribution in [0, 0.1) is 0 Å². The lowest BCUT2D eigenvalue weighted by Gasteiger charge is -2.22. The first-order chi connectivity index (χ1) is 14.0. The van der Waals surface area contributed by atoms with Gasteiger partial charge in [0.2, 0.25) is 0 Å². The average Bonchev–Trinajstić information content (AvgIpc) is 3.20. The van der Waals surface area contributed by atoms with Crippen molar-refractivity contribution in [3.05, 3.63) is 45.9 Å². The van der Waals surface area contributed by atoms with E-state index < -0.39 is 0 Å². The zero-order valence-corrected chi connectivity index (χ0v) is 18.4. The number of hydrogen-bond donors (Lipinski definition) is 1.